The second-order valence-electron chi connectivity index (χ2n) is 2.96. The van der Waals surface area contributed by atoms with Gasteiger partial charge in [-0.05, 0) is 0 Å². The van der Waals surface area contributed by atoms with Gasteiger partial charge in [-0.1, -0.05) is 0 Å². The zero-order valence-corrected chi connectivity index (χ0v) is 12.7. The fourth-order valence-corrected chi connectivity index (χ4v) is 2.12. The fourth-order valence-electron chi connectivity index (χ4n) is 0.244. The molecule has 0 aromatic rings. The van der Waals surface area contributed by atoms with Crippen molar-refractivity contribution in [1.82, 2.24) is 0 Å². The van der Waals surface area contributed by atoms with Crippen LogP contribution < -0.4 is 0 Å². The minimum atomic E-state index is -0.0396. The van der Waals surface area contributed by atoms with Crippen molar-refractivity contribution in [3.05, 3.63) is 26.6 Å². The first-order chi connectivity index (χ1) is 7.56. The van der Waals surface area contributed by atoms with Crippen molar-refractivity contribution in [3.8, 4) is 4.20 Å². The first-order valence-electron chi connectivity index (χ1n) is 3.38. The van der Waals surface area contributed by atoms with E-state index in [2.05, 4.69) is 64.9 Å². The maximum absolute atomic E-state index is 7.50. The van der Waals surface area contributed by atoms with Crippen LogP contribution in [0, 0.1) is 36.2 Å². The predicted octanol–water partition coefficient (Wildman–Crippen LogP) is 2.62. The van der Waals surface area contributed by atoms with Gasteiger partial charge in [0.2, 0.25) is 0 Å². The average molecular weight is 371 g/mol. The van der Waals surface area contributed by atoms with E-state index in [0.717, 1.165) is 6.42 Å². The molecule has 0 radical (unpaired) electrons. The molecule has 0 unspecified atom stereocenters. The average Bonchev–Trinajstić information content (AvgIpc) is 2.36. The van der Waals surface area contributed by atoms with Crippen molar-refractivity contribution in [1.29, 1.82) is 0 Å². The van der Waals surface area contributed by atoms with E-state index in [1.807, 2.05) is 0 Å². The third kappa shape index (κ3) is 96.2. The van der Waals surface area contributed by atoms with E-state index in [9.17, 15) is 0 Å². The summed E-state index contributed by atoms with van der Waals surface area (Å²) in [5, 5.41) is 0. The Bertz CT molecular complexity index is 225. The quantitative estimate of drug-likeness (QED) is 0.357. The summed E-state index contributed by atoms with van der Waals surface area (Å²) in [6.45, 7) is 24.7. The Morgan fingerprint density at radius 3 is 1.25 bits per heavy atom. The molecule has 0 rings (SSSR count). The van der Waals surface area contributed by atoms with Crippen molar-refractivity contribution < 1.29 is 34.5 Å². The van der Waals surface area contributed by atoms with Crippen LogP contribution in [0.4, 0.5) is 0 Å². The molecule has 0 saturated heterocycles. The number of rotatable bonds is 0. The van der Waals surface area contributed by atoms with Gasteiger partial charge in [-0.25, -0.2) is 0 Å². The summed E-state index contributed by atoms with van der Waals surface area (Å²) < 4.78 is 33.3. The Balaban J connectivity index is -0.0000000426. The summed E-state index contributed by atoms with van der Waals surface area (Å²) in [5.74, 6) is 0. The van der Waals surface area contributed by atoms with E-state index in [-0.39, 0.29) is 15.8 Å². The molecule has 6 heteroatoms. The van der Waals surface area contributed by atoms with Gasteiger partial charge in [0.1, 0.15) is 0 Å². The van der Waals surface area contributed by atoms with E-state index in [1.165, 1.54) is 0 Å². The molecule has 0 aliphatic carbocycles. The van der Waals surface area contributed by atoms with Crippen LogP contribution in [-0.2, 0) is 34.5 Å². The van der Waals surface area contributed by atoms with Crippen molar-refractivity contribution in [2.45, 2.75) is 27.2 Å². The van der Waals surface area contributed by atoms with Crippen LogP contribution in [0.2, 0.25) is 0 Å². The van der Waals surface area contributed by atoms with Gasteiger partial charge in [-0.2, -0.15) is 0 Å². The third-order valence-electron chi connectivity index (χ3n) is 0.657. The van der Waals surface area contributed by atoms with Crippen molar-refractivity contribution in [2.24, 2.45) is 5.41 Å². The van der Waals surface area contributed by atoms with E-state index in [0.29, 0.717) is 5.41 Å². The SMILES string of the molecule is CC(C)(C)C[C]#[Mo][Br].[C-]#[O+].[C-]#[O+].[C-]#[O+].[C-]#[O+]. The van der Waals surface area contributed by atoms with Gasteiger partial charge in [0.05, 0.1) is 0 Å². The Morgan fingerprint density at radius 1 is 0.938 bits per heavy atom. The molecular formula is C10H11BrMoO4. The van der Waals surface area contributed by atoms with Gasteiger partial charge >= 0.3 is 111 Å². The topological polar surface area (TPSA) is 79.6 Å². The molecule has 16 heavy (non-hydrogen) atoms. The summed E-state index contributed by atoms with van der Waals surface area (Å²) in [5.41, 5.74) is 0.443. The number of halogens is 1. The molecule has 0 saturated carbocycles. The van der Waals surface area contributed by atoms with Crippen LogP contribution in [0.5, 0.6) is 0 Å². The summed E-state index contributed by atoms with van der Waals surface area (Å²) in [7, 11) is 0. The van der Waals surface area contributed by atoms with E-state index in [4.69, 9.17) is 18.6 Å². The summed E-state index contributed by atoms with van der Waals surface area (Å²) in [6, 6.07) is 0. The van der Waals surface area contributed by atoms with Gasteiger partial charge in [-0.3, -0.25) is 0 Å². The van der Waals surface area contributed by atoms with Crippen molar-refractivity contribution >= 4 is 13.3 Å². The Morgan fingerprint density at radius 2 is 1.19 bits per heavy atom. The van der Waals surface area contributed by atoms with Crippen LogP contribution in [-0.4, -0.2) is 0 Å². The van der Waals surface area contributed by atoms with E-state index in [1.54, 1.807) is 0 Å². The number of hydrogen-bond acceptors (Lipinski definition) is 0. The molecule has 0 aliphatic heterocycles. The molecule has 0 spiro atoms. The maximum atomic E-state index is 7.50. The Labute approximate surface area is 111 Å². The van der Waals surface area contributed by atoms with Crippen LogP contribution >= 0.6 is 13.3 Å². The van der Waals surface area contributed by atoms with Gasteiger partial charge in [-0.15, -0.1) is 0 Å². The molecule has 0 N–H and O–H groups in total. The van der Waals surface area contributed by atoms with Gasteiger partial charge in [0.15, 0.2) is 0 Å². The van der Waals surface area contributed by atoms with Crippen LogP contribution in [0.25, 0.3) is 0 Å². The van der Waals surface area contributed by atoms with E-state index < -0.39 is 0 Å². The summed E-state index contributed by atoms with van der Waals surface area (Å²) >= 11 is 3.38. The molecule has 0 aromatic heterocycles. The molecule has 0 bridgehead atoms. The Hall–Kier alpha value is -0.0917. The number of hydrogen-bond donors (Lipinski definition) is 0. The molecule has 0 atom stereocenters. The molecule has 0 fully saturated rings. The first-order valence-corrected chi connectivity index (χ1v) is 8.97. The zero-order valence-electron chi connectivity index (χ0n) is 9.13. The predicted molar refractivity (Wildman–Crippen MR) is 52.6 cm³/mol. The van der Waals surface area contributed by atoms with E-state index >= 15 is 0 Å². The molecule has 0 aromatic carbocycles. The van der Waals surface area contributed by atoms with Gasteiger partial charge in [0, 0.05) is 0 Å². The molecule has 0 heterocycles. The third-order valence-corrected chi connectivity index (χ3v) is 2.63. The standard InChI is InChI=1S/C6H11.4CO.BrH.Mo/c1-5-6(2,3)4;4*1-2;;/h5H2,2-4H3;;;;;1H;/q;;;;;;+1/p-1. The van der Waals surface area contributed by atoms with Crippen molar-refractivity contribution in [2.75, 3.05) is 0 Å². The second kappa shape index (κ2) is 36.3. The summed E-state index contributed by atoms with van der Waals surface area (Å²) in [4.78, 5) is 0. The Kier molecular flexibility index (Phi) is 67.5. The monoisotopic (exact) mass is 372 g/mol. The van der Waals surface area contributed by atoms with Gasteiger partial charge < -0.3 is 0 Å². The van der Waals surface area contributed by atoms with Crippen LogP contribution in [0.15, 0.2) is 0 Å². The molecular weight excluding hydrogens is 360 g/mol. The zero-order chi connectivity index (χ0) is 14.6. The fraction of sp³-hybridized carbons (Fsp3) is 0.500. The first kappa shape index (κ1) is 29.7. The molecule has 0 aliphatic rings. The molecule has 0 amide bonds. The van der Waals surface area contributed by atoms with Crippen LogP contribution in [0.1, 0.15) is 27.2 Å². The molecule has 88 valence electrons. The minimum absolute atomic E-state index is 0.0396. The second-order valence-corrected chi connectivity index (χ2v) is 5.96. The van der Waals surface area contributed by atoms with Crippen molar-refractivity contribution in [3.63, 3.8) is 0 Å². The van der Waals surface area contributed by atoms with Gasteiger partial charge in [0.25, 0.3) is 0 Å². The molecule has 4 nitrogen and oxygen atoms in total. The van der Waals surface area contributed by atoms with Crippen LogP contribution in [0.3, 0.4) is 0 Å². The summed E-state index contributed by atoms with van der Waals surface area (Å²) in [6.07, 6.45) is 1.13. The normalized spacial score (nSPS) is 5.75.